The molecule has 98 valence electrons. The van der Waals surface area contributed by atoms with Gasteiger partial charge in [0.15, 0.2) is 0 Å². The van der Waals surface area contributed by atoms with Crippen LogP contribution in [0.25, 0.3) is 0 Å². The van der Waals surface area contributed by atoms with Crippen LogP contribution in [0.3, 0.4) is 0 Å². The second kappa shape index (κ2) is 6.71. The minimum absolute atomic E-state index is 0.0478. The number of carbonyl (C=O) groups is 1. The third-order valence-corrected chi connectivity index (χ3v) is 4.28. The minimum Gasteiger partial charge on any atom is -0.481 e. The standard InChI is InChI=1S/C14H19NO2S/c16-14(17)9-12(13-7-4-8-18-13)15-10-11-5-2-1-3-6-11/h1-2,4,7-8,11-12,15H,3,5-6,9-10H2,(H,16,17). The Labute approximate surface area is 112 Å². The van der Waals surface area contributed by atoms with Crippen LogP contribution in [0.5, 0.6) is 0 Å². The molecule has 1 aliphatic rings. The number of hydrogen-bond donors (Lipinski definition) is 2. The van der Waals surface area contributed by atoms with Crippen LogP contribution < -0.4 is 5.32 Å². The third-order valence-electron chi connectivity index (χ3n) is 3.30. The molecule has 0 bridgehead atoms. The Bertz CT molecular complexity index is 400. The van der Waals surface area contributed by atoms with Gasteiger partial charge in [0.25, 0.3) is 0 Å². The molecule has 2 unspecified atom stereocenters. The molecule has 1 aromatic heterocycles. The maximum absolute atomic E-state index is 10.9. The van der Waals surface area contributed by atoms with Gasteiger partial charge < -0.3 is 10.4 Å². The predicted octanol–water partition coefficient (Wildman–Crippen LogP) is 3.21. The van der Waals surface area contributed by atoms with Crippen molar-refractivity contribution in [2.45, 2.75) is 31.7 Å². The molecule has 1 aromatic rings. The lowest BCUT2D eigenvalue weighted by Gasteiger charge is -2.22. The number of nitrogens with one attached hydrogen (secondary N) is 1. The average Bonchev–Trinajstić information content (AvgIpc) is 2.89. The van der Waals surface area contributed by atoms with Crippen LogP contribution in [0, 0.1) is 5.92 Å². The van der Waals surface area contributed by atoms with Crippen LogP contribution in [0.1, 0.15) is 36.6 Å². The Morgan fingerprint density at radius 2 is 2.44 bits per heavy atom. The fourth-order valence-electron chi connectivity index (χ4n) is 2.29. The van der Waals surface area contributed by atoms with Crippen LogP contribution in [-0.4, -0.2) is 17.6 Å². The molecule has 2 N–H and O–H groups in total. The Hall–Kier alpha value is -1.13. The zero-order chi connectivity index (χ0) is 12.8. The van der Waals surface area contributed by atoms with E-state index in [1.165, 1.54) is 6.42 Å². The van der Waals surface area contributed by atoms with Gasteiger partial charge in [0, 0.05) is 4.88 Å². The highest BCUT2D eigenvalue weighted by Gasteiger charge is 2.18. The van der Waals surface area contributed by atoms with Crippen molar-refractivity contribution in [3.63, 3.8) is 0 Å². The summed E-state index contributed by atoms with van der Waals surface area (Å²) in [6.45, 7) is 0.903. The van der Waals surface area contributed by atoms with E-state index in [1.54, 1.807) is 11.3 Å². The minimum atomic E-state index is -0.746. The lowest BCUT2D eigenvalue weighted by Crippen LogP contribution is -2.29. The lowest BCUT2D eigenvalue weighted by atomic mass is 9.94. The van der Waals surface area contributed by atoms with Crippen molar-refractivity contribution in [1.82, 2.24) is 5.32 Å². The van der Waals surface area contributed by atoms with Gasteiger partial charge in [0.1, 0.15) is 0 Å². The van der Waals surface area contributed by atoms with E-state index in [-0.39, 0.29) is 12.5 Å². The molecule has 3 nitrogen and oxygen atoms in total. The van der Waals surface area contributed by atoms with Crippen molar-refractivity contribution in [3.05, 3.63) is 34.5 Å². The lowest BCUT2D eigenvalue weighted by molar-refractivity contribution is -0.137. The summed E-state index contributed by atoms with van der Waals surface area (Å²) in [5, 5.41) is 14.4. The molecule has 2 atom stereocenters. The van der Waals surface area contributed by atoms with Gasteiger partial charge in [-0.1, -0.05) is 18.2 Å². The molecule has 4 heteroatoms. The second-order valence-corrected chi connectivity index (χ2v) is 5.70. The predicted molar refractivity (Wildman–Crippen MR) is 73.8 cm³/mol. The number of allylic oxidation sites excluding steroid dienone is 2. The van der Waals surface area contributed by atoms with Gasteiger partial charge in [-0.25, -0.2) is 0 Å². The first kappa shape index (κ1) is 13.3. The Kier molecular flexibility index (Phi) is 4.96. The number of thiophene rings is 1. The summed E-state index contributed by atoms with van der Waals surface area (Å²) in [7, 11) is 0. The van der Waals surface area contributed by atoms with E-state index in [0.29, 0.717) is 5.92 Å². The number of hydrogen-bond acceptors (Lipinski definition) is 3. The molecule has 0 aromatic carbocycles. The molecule has 18 heavy (non-hydrogen) atoms. The molecule has 2 rings (SSSR count). The summed E-state index contributed by atoms with van der Waals surface area (Å²) in [4.78, 5) is 12.0. The molecule has 1 heterocycles. The van der Waals surface area contributed by atoms with Crippen molar-refractivity contribution in [1.29, 1.82) is 0 Å². The summed E-state index contributed by atoms with van der Waals surface area (Å²) in [5.74, 6) is -0.101. The molecule has 0 saturated heterocycles. The largest absolute Gasteiger partial charge is 0.481 e. The summed E-state index contributed by atoms with van der Waals surface area (Å²) in [5.41, 5.74) is 0. The maximum Gasteiger partial charge on any atom is 0.305 e. The zero-order valence-corrected chi connectivity index (χ0v) is 11.2. The van der Waals surface area contributed by atoms with Gasteiger partial charge in [0.05, 0.1) is 12.5 Å². The van der Waals surface area contributed by atoms with Crippen molar-refractivity contribution < 1.29 is 9.90 Å². The number of aliphatic carboxylic acids is 1. The third kappa shape index (κ3) is 3.96. The van der Waals surface area contributed by atoms with E-state index in [0.717, 1.165) is 24.3 Å². The van der Waals surface area contributed by atoms with E-state index >= 15 is 0 Å². The Morgan fingerprint density at radius 1 is 1.56 bits per heavy atom. The van der Waals surface area contributed by atoms with Crippen LogP contribution in [0.15, 0.2) is 29.7 Å². The second-order valence-electron chi connectivity index (χ2n) is 4.72. The van der Waals surface area contributed by atoms with Crippen molar-refractivity contribution in [2.75, 3.05) is 6.54 Å². The first-order chi connectivity index (χ1) is 8.75. The quantitative estimate of drug-likeness (QED) is 0.776. The van der Waals surface area contributed by atoms with Gasteiger partial charge in [-0.3, -0.25) is 4.79 Å². The summed E-state index contributed by atoms with van der Waals surface area (Å²) in [6, 6.07) is 3.93. The molecule has 1 aliphatic carbocycles. The van der Waals surface area contributed by atoms with Crippen LogP contribution in [-0.2, 0) is 4.79 Å². The smallest absolute Gasteiger partial charge is 0.305 e. The van der Waals surface area contributed by atoms with Gasteiger partial charge in [-0.05, 0) is 43.2 Å². The van der Waals surface area contributed by atoms with E-state index in [2.05, 4.69) is 17.5 Å². The first-order valence-corrected chi connectivity index (χ1v) is 7.27. The summed E-state index contributed by atoms with van der Waals surface area (Å²) >= 11 is 1.62. The van der Waals surface area contributed by atoms with E-state index in [9.17, 15) is 4.79 Å². The fraction of sp³-hybridized carbons (Fsp3) is 0.500. The van der Waals surface area contributed by atoms with Gasteiger partial charge in [0.2, 0.25) is 0 Å². The van der Waals surface area contributed by atoms with Gasteiger partial charge in [-0.2, -0.15) is 0 Å². The SMILES string of the molecule is O=C(O)CC(NCC1CC=CCC1)c1cccs1. The summed E-state index contributed by atoms with van der Waals surface area (Å²) < 4.78 is 0. The topological polar surface area (TPSA) is 49.3 Å². The molecule has 0 spiro atoms. The van der Waals surface area contributed by atoms with Gasteiger partial charge >= 0.3 is 5.97 Å². The highest BCUT2D eigenvalue weighted by molar-refractivity contribution is 7.10. The zero-order valence-electron chi connectivity index (χ0n) is 10.3. The maximum atomic E-state index is 10.9. The first-order valence-electron chi connectivity index (χ1n) is 6.39. The monoisotopic (exact) mass is 265 g/mol. The van der Waals surface area contributed by atoms with E-state index < -0.39 is 5.97 Å². The average molecular weight is 265 g/mol. The van der Waals surface area contributed by atoms with Crippen LogP contribution >= 0.6 is 11.3 Å². The molecule has 0 aliphatic heterocycles. The number of carboxylic acid groups (broad SMARTS) is 1. The van der Waals surface area contributed by atoms with E-state index in [1.807, 2.05) is 17.5 Å². The summed E-state index contributed by atoms with van der Waals surface area (Å²) in [6.07, 6.45) is 8.07. The molecule has 0 radical (unpaired) electrons. The normalized spacial score (nSPS) is 20.8. The fourth-order valence-corrected chi connectivity index (χ4v) is 3.09. The molecular formula is C14H19NO2S. The Morgan fingerprint density at radius 3 is 3.06 bits per heavy atom. The van der Waals surface area contributed by atoms with Crippen molar-refractivity contribution in [2.24, 2.45) is 5.92 Å². The Balaban J connectivity index is 1.89. The number of rotatable bonds is 6. The van der Waals surface area contributed by atoms with Crippen LogP contribution in [0.4, 0.5) is 0 Å². The van der Waals surface area contributed by atoms with E-state index in [4.69, 9.17) is 5.11 Å². The molecule has 0 fully saturated rings. The molecule has 0 amide bonds. The highest BCUT2D eigenvalue weighted by atomic mass is 32.1. The molecule has 0 saturated carbocycles. The highest BCUT2D eigenvalue weighted by Crippen LogP contribution is 2.24. The molecular weight excluding hydrogens is 246 g/mol. The van der Waals surface area contributed by atoms with Crippen LogP contribution in [0.2, 0.25) is 0 Å². The number of carboxylic acids is 1. The van der Waals surface area contributed by atoms with Crippen molar-refractivity contribution >= 4 is 17.3 Å². The van der Waals surface area contributed by atoms with Crippen molar-refractivity contribution in [3.8, 4) is 0 Å². The van der Waals surface area contributed by atoms with Gasteiger partial charge in [-0.15, -0.1) is 11.3 Å².